The van der Waals surface area contributed by atoms with Crippen molar-refractivity contribution in [3.05, 3.63) is 71.0 Å². The number of carboxylic acid groups (broad SMARTS) is 3. The Morgan fingerprint density at radius 1 is 0.583 bits per heavy atom. The van der Waals surface area contributed by atoms with Gasteiger partial charge in [0.15, 0.2) is 0 Å². The van der Waals surface area contributed by atoms with Crippen LogP contribution in [-0.2, 0) is 9.47 Å². The summed E-state index contributed by atoms with van der Waals surface area (Å²) in [7, 11) is 2.51. The zero-order valence-electron chi connectivity index (χ0n) is 17.9. The minimum Gasteiger partial charge on any atom is -0.475 e. The molecule has 0 atom stereocenters. The van der Waals surface area contributed by atoms with Crippen LogP contribution in [0.2, 0.25) is 0 Å². The quantitative estimate of drug-likeness (QED) is 0.413. The summed E-state index contributed by atoms with van der Waals surface area (Å²) in [6, 6.07) is 7.91. The lowest BCUT2D eigenvalue weighted by Crippen LogP contribution is -1.99. The molecule has 0 aliphatic heterocycles. The van der Waals surface area contributed by atoms with E-state index in [1.807, 2.05) is 0 Å². The first kappa shape index (κ1) is 35.7. The molecule has 0 aromatic carbocycles. The molecule has 5 N–H and O–H groups in total. The van der Waals surface area contributed by atoms with Crippen LogP contribution in [0.1, 0.15) is 73.4 Å². The van der Waals surface area contributed by atoms with Gasteiger partial charge in [0.2, 0.25) is 28.8 Å². The first-order valence-electron chi connectivity index (χ1n) is 8.62. The summed E-state index contributed by atoms with van der Waals surface area (Å²) in [6.45, 7) is 1.77. The summed E-state index contributed by atoms with van der Waals surface area (Å²) in [4.78, 5) is 52.0. The van der Waals surface area contributed by atoms with Gasteiger partial charge in [-0.1, -0.05) is 14.9 Å². The second kappa shape index (κ2) is 16.7. The van der Waals surface area contributed by atoms with Crippen molar-refractivity contribution in [2.24, 2.45) is 0 Å². The van der Waals surface area contributed by atoms with Crippen LogP contribution in [0, 0.1) is 6.92 Å². The molecule has 36 heavy (non-hydrogen) atoms. The number of carbonyl (C=O) groups is 5. The van der Waals surface area contributed by atoms with E-state index in [1.165, 1.54) is 26.4 Å². The van der Waals surface area contributed by atoms with Crippen molar-refractivity contribution in [3.63, 3.8) is 0 Å². The third-order valence-electron chi connectivity index (χ3n) is 3.36. The SMILES string of the molecule is C.C.COC(=O)c1ccc(C(=O)O)o1.COC(=O)c1ccc(C)o1.O.O=C(O)c1ccc(C(=O)O)o1. The van der Waals surface area contributed by atoms with Gasteiger partial charge in [-0.2, -0.15) is 0 Å². The molecule has 0 spiro atoms. The fourth-order valence-electron chi connectivity index (χ4n) is 1.88. The average molecular weight is 516 g/mol. The van der Waals surface area contributed by atoms with Crippen molar-refractivity contribution >= 4 is 29.8 Å². The molecule has 0 saturated heterocycles. The van der Waals surface area contributed by atoms with Crippen LogP contribution in [-0.4, -0.2) is 64.9 Å². The Balaban J connectivity index is -0.000000437. The van der Waals surface area contributed by atoms with Gasteiger partial charge in [-0.25, -0.2) is 24.0 Å². The van der Waals surface area contributed by atoms with Crippen LogP contribution < -0.4 is 0 Å². The molecule has 14 nitrogen and oxygen atoms in total. The van der Waals surface area contributed by atoms with Gasteiger partial charge in [0.25, 0.3) is 0 Å². The van der Waals surface area contributed by atoms with Gasteiger partial charge in [-0.05, 0) is 43.3 Å². The number of ether oxygens (including phenoxy) is 2. The molecule has 0 amide bonds. The molecule has 0 aliphatic carbocycles. The number of esters is 2. The van der Waals surface area contributed by atoms with Gasteiger partial charge in [0.1, 0.15) is 5.76 Å². The van der Waals surface area contributed by atoms with E-state index < -0.39 is 29.8 Å². The number of aryl methyl sites for hydroxylation is 1. The number of rotatable bonds is 5. The molecule has 0 aliphatic rings. The summed E-state index contributed by atoms with van der Waals surface area (Å²) >= 11 is 0. The lowest BCUT2D eigenvalue weighted by Gasteiger charge is -1.91. The van der Waals surface area contributed by atoms with Crippen LogP contribution in [0.25, 0.3) is 0 Å². The highest BCUT2D eigenvalue weighted by molar-refractivity contribution is 5.90. The smallest absolute Gasteiger partial charge is 0.373 e. The van der Waals surface area contributed by atoms with Gasteiger partial charge in [0, 0.05) is 0 Å². The summed E-state index contributed by atoms with van der Waals surface area (Å²) < 4.78 is 22.7. The van der Waals surface area contributed by atoms with Crippen molar-refractivity contribution in [1.29, 1.82) is 0 Å². The Morgan fingerprint density at radius 2 is 0.861 bits per heavy atom. The standard InChI is InChI=1S/C7H6O5.C7H8O3.C6H4O5.2CH4.H2O/c1-11-7(10)5-3-2-4(12-5)6(8)9;1-5-3-4-6(10-5)7(8)9-2;7-5(8)3-1-2-4(11-3)6(9)10;;;/h2-3H,1H3,(H,8,9);3-4H,1-2H3;1-2H,(H,7,8)(H,9,10);2*1H4;1H2. The zero-order valence-corrected chi connectivity index (χ0v) is 17.9. The van der Waals surface area contributed by atoms with Crippen molar-refractivity contribution in [2.75, 3.05) is 14.2 Å². The molecule has 3 heterocycles. The van der Waals surface area contributed by atoms with E-state index in [0.717, 1.165) is 12.1 Å². The number of carboxylic acids is 3. The van der Waals surface area contributed by atoms with Gasteiger partial charge >= 0.3 is 29.8 Å². The number of furan rings is 3. The molecule has 0 fully saturated rings. The van der Waals surface area contributed by atoms with E-state index in [4.69, 9.17) is 19.7 Å². The fourth-order valence-corrected chi connectivity index (χ4v) is 1.88. The normalized spacial score (nSPS) is 8.64. The minimum atomic E-state index is -1.28. The summed E-state index contributed by atoms with van der Waals surface area (Å²) in [6.07, 6.45) is 0. The van der Waals surface area contributed by atoms with E-state index in [1.54, 1.807) is 19.1 Å². The number of hydrogen-bond acceptors (Lipinski definition) is 10. The number of carbonyl (C=O) groups excluding carboxylic acids is 2. The lowest BCUT2D eigenvalue weighted by molar-refractivity contribution is 0.0548. The summed E-state index contributed by atoms with van der Waals surface area (Å²) in [5, 5.41) is 25.0. The second-order valence-corrected chi connectivity index (χ2v) is 5.64. The van der Waals surface area contributed by atoms with E-state index in [9.17, 15) is 24.0 Å². The summed E-state index contributed by atoms with van der Waals surface area (Å²) in [5.74, 6) is -5.09. The number of methoxy groups -OCH3 is 2. The number of hydrogen-bond donors (Lipinski definition) is 3. The summed E-state index contributed by atoms with van der Waals surface area (Å²) in [5.41, 5.74) is 0. The fraction of sp³-hybridized carbons (Fsp3) is 0.227. The third-order valence-corrected chi connectivity index (χ3v) is 3.36. The third kappa shape index (κ3) is 10.8. The Hall–Kier alpha value is -4.85. The zero-order chi connectivity index (χ0) is 25.1. The molecule has 0 radical (unpaired) electrons. The minimum absolute atomic E-state index is 0. The van der Waals surface area contributed by atoms with Crippen LogP contribution in [0.3, 0.4) is 0 Å². The molecule has 200 valence electrons. The average Bonchev–Trinajstić information content (AvgIpc) is 3.53. The maximum atomic E-state index is 10.7. The molecule has 3 rings (SSSR count). The highest BCUT2D eigenvalue weighted by Gasteiger charge is 2.14. The molecule has 3 aromatic rings. The van der Waals surface area contributed by atoms with Crippen molar-refractivity contribution in [3.8, 4) is 0 Å². The van der Waals surface area contributed by atoms with Crippen molar-refractivity contribution < 1.29 is 67.5 Å². The van der Waals surface area contributed by atoms with Gasteiger partial charge < -0.3 is 43.5 Å². The predicted octanol–water partition coefficient (Wildman–Crippen LogP) is 3.26. The van der Waals surface area contributed by atoms with Crippen LogP contribution in [0.5, 0.6) is 0 Å². The Bertz CT molecular complexity index is 1100. The van der Waals surface area contributed by atoms with Gasteiger partial charge in [-0.3, -0.25) is 0 Å². The molecular formula is C22H28O14. The second-order valence-electron chi connectivity index (χ2n) is 5.64. The van der Waals surface area contributed by atoms with E-state index in [2.05, 4.69) is 18.3 Å². The van der Waals surface area contributed by atoms with E-state index >= 15 is 0 Å². The van der Waals surface area contributed by atoms with Crippen molar-refractivity contribution in [2.45, 2.75) is 21.8 Å². The monoisotopic (exact) mass is 516 g/mol. The van der Waals surface area contributed by atoms with Crippen molar-refractivity contribution in [1.82, 2.24) is 0 Å². The van der Waals surface area contributed by atoms with E-state index in [0.29, 0.717) is 5.76 Å². The Morgan fingerprint density at radius 3 is 1.11 bits per heavy atom. The highest BCUT2D eigenvalue weighted by Crippen LogP contribution is 2.09. The molecule has 0 bridgehead atoms. The van der Waals surface area contributed by atoms with Crippen LogP contribution in [0.4, 0.5) is 0 Å². The lowest BCUT2D eigenvalue weighted by atomic mass is 10.4. The van der Waals surface area contributed by atoms with Gasteiger partial charge in [0.05, 0.1) is 14.2 Å². The molecule has 0 saturated carbocycles. The van der Waals surface area contributed by atoms with Crippen LogP contribution >= 0.6 is 0 Å². The predicted molar refractivity (Wildman–Crippen MR) is 121 cm³/mol. The Labute approximate surface area is 204 Å². The largest absolute Gasteiger partial charge is 0.475 e. The molecule has 3 aromatic heterocycles. The van der Waals surface area contributed by atoms with Gasteiger partial charge in [-0.15, -0.1) is 0 Å². The first-order valence-corrected chi connectivity index (χ1v) is 8.62. The van der Waals surface area contributed by atoms with Crippen LogP contribution in [0.15, 0.2) is 49.6 Å². The number of aromatic carboxylic acids is 3. The Kier molecular flexibility index (Phi) is 16.6. The molecule has 0 unspecified atom stereocenters. The van der Waals surface area contributed by atoms with E-state index in [-0.39, 0.29) is 49.1 Å². The maximum absolute atomic E-state index is 10.7. The molecular weight excluding hydrogens is 488 g/mol. The maximum Gasteiger partial charge on any atom is 0.373 e. The molecule has 14 heteroatoms. The topological polar surface area (TPSA) is 235 Å². The first-order chi connectivity index (χ1) is 15.5. The highest BCUT2D eigenvalue weighted by atomic mass is 16.5.